The lowest BCUT2D eigenvalue weighted by Crippen LogP contribution is -2.27. The lowest BCUT2D eigenvalue weighted by Gasteiger charge is -1.79. The third-order valence-corrected chi connectivity index (χ3v) is 0.457. The Morgan fingerprint density at radius 1 is 1.56 bits per heavy atom. The summed E-state index contributed by atoms with van der Waals surface area (Å²) in [5, 5.41) is 7.49. The lowest BCUT2D eigenvalue weighted by atomic mass is 10.6. The van der Waals surface area contributed by atoms with E-state index in [1.54, 1.807) is 0 Å². The van der Waals surface area contributed by atoms with E-state index in [1.165, 1.54) is 5.43 Å². The Kier molecular flexibility index (Phi) is 12.1. The number of hydrogen-bond acceptors (Lipinski definition) is 2. The average Bonchev–Trinajstić information content (AvgIpc) is 1.89. The molecule has 0 aromatic rings. The van der Waals surface area contributed by atoms with E-state index in [2.05, 4.69) is 5.84 Å². The van der Waals surface area contributed by atoms with Gasteiger partial charge in [0.25, 0.3) is 0 Å². The normalized spacial score (nSPS) is 7.89. The summed E-state index contributed by atoms with van der Waals surface area (Å²) in [5.41, 5.74) is 1.44. The van der Waals surface area contributed by atoms with Gasteiger partial charge in [0.05, 0.1) is 0 Å². The third kappa shape index (κ3) is 44.4. The molecule has 0 aromatic carbocycles. The highest BCUT2D eigenvalue weighted by Gasteiger charge is 1.77. The molecule has 0 aliphatic rings. The maximum absolute atomic E-state index is 9.13. The number of carbonyl (C=O) groups is 1. The quantitative estimate of drug-likeness (QED) is 0.196. The van der Waals surface area contributed by atoms with E-state index in [4.69, 9.17) is 9.90 Å². The van der Waals surface area contributed by atoms with Gasteiger partial charge in [0, 0.05) is 0 Å². The second-order valence-electron chi connectivity index (χ2n) is 1.12. The first-order valence-electron chi connectivity index (χ1n) is 2.45. The van der Waals surface area contributed by atoms with Gasteiger partial charge in [0.15, 0.2) is 0 Å². The molecule has 0 unspecified atom stereocenters. The van der Waals surface area contributed by atoms with Crippen molar-refractivity contribution in [3.05, 3.63) is 12.2 Å². The number of allylic oxidation sites excluding steroid dienone is 2. The molecule has 0 saturated heterocycles. The summed E-state index contributed by atoms with van der Waals surface area (Å²) in [4.78, 5) is 9.13. The fourth-order valence-corrected chi connectivity index (χ4v) is 0. The Hall–Kier alpha value is -1.03. The van der Waals surface area contributed by atoms with E-state index in [-0.39, 0.29) is 0 Å². The molecule has 0 saturated carbocycles. The summed E-state index contributed by atoms with van der Waals surface area (Å²) >= 11 is 0. The molecule has 0 aliphatic heterocycles. The van der Waals surface area contributed by atoms with Gasteiger partial charge < -0.3 is 5.11 Å². The van der Waals surface area contributed by atoms with Crippen LogP contribution < -0.4 is 11.3 Å². The highest BCUT2D eigenvalue weighted by Crippen LogP contribution is 1.57. The van der Waals surface area contributed by atoms with E-state index in [1.807, 2.05) is 26.0 Å². The standard InChI is InChI=1S/C4H8.CH4N2O2/c1-3-4-2;2-3-1(4)5/h3-4H,1-2H3;3H,2H2,(H,4,5). The van der Waals surface area contributed by atoms with Gasteiger partial charge in [-0.15, -0.1) is 0 Å². The predicted octanol–water partition coefficient (Wildman–Crippen LogP) is 0.710. The summed E-state index contributed by atoms with van der Waals surface area (Å²) in [6.07, 6.45) is 2.78. The first kappa shape index (κ1) is 10.9. The average molecular weight is 132 g/mol. The molecule has 0 radical (unpaired) electrons. The third-order valence-electron chi connectivity index (χ3n) is 0.457. The molecule has 0 atom stereocenters. The number of hydrogen-bond donors (Lipinski definition) is 3. The van der Waals surface area contributed by atoms with Crippen LogP contribution in [-0.4, -0.2) is 11.2 Å². The minimum atomic E-state index is -1.22. The van der Waals surface area contributed by atoms with Crippen molar-refractivity contribution in [3.63, 3.8) is 0 Å². The zero-order chi connectivity index (χ0) is 7.70. The van der Waals surface area contributed by atoms with Crippen LogP contribution in [0.5, 0.6) is 0 Å². The van der Waals surface area contributed by atoms with Gasteiger partial charge in [-0.05, 0) is 13.8 Å². The van der Waals surface area contributed by atoms with Crippen LogP contribution in [0.15, 0.2) is 12.2 Å². The fourth-order valence-electron chi connectivity index (χ4n) is 0. The molecule has 0 bridgehead atoms. The SMILES string of the molecule is CC=CC.NNC(=O)O. The molecule has 0 rings (SSSR count). The second kappa shape index (κ2) is 10.1. The molecule has 0 heterocycles. The molecule has 0 fully saturated rings. The van der Waals surface area contributed by atoms with Crippen LogP contribution in [0.3, 0.4) is 0 Å². The molecule has 0 spiro atoms. The summed E-state index contributed by atoms with van der Waals surface area (Å²) in [6.45, 7) is 4.00. The Morgan fingerprint density at radius 3 is 1.78 bits per heavy atom. The van der Waals surface area contributed by atoms with Crippen molar-refractivity contribution in [2.75, 3.05) is 0 Å². The van der Waals surface area contributed by atoms with E-state index in [9.17, 15) is 0 Å². The Bertz CT molecular complexity index is 87.0. The molecule has 0 aromatic heterocycles. The number of nitrogens with one attached hydrogen (secondary N) is 1. The highest BCUT2D eigenvalue weighted by molar-refractivity contribution is 5.63. The van der Waals surface area contributed by atoms with Crippen LogP contribution in [0.25, 0.3) is 0 Å². The molecule has 4 nitrogen and oxygen atoms in total. The second-order valence-corrected chi connectivity index (χ2v) is 1.12. The summed E-state index contributed by atoms with van der Waals surface area (Å²) in [6, 6.07) is 0. The number of amides is 1. The maximum atomic E-state index is 9.13. The van der Waals surface area contributed by atoms with Crippen molar-refractivity contribution in [2.45, 2.75) is 13.8 Å². The van der Waals surface area contributed by atoms with Crippen molar-refractivity contribution in [2.24, 2.45) is 5.84 Å². The van der Waals surface area contributed by atoms with Gasteiger partial charge in [0.1, 0.15) is 0 Å². The molecule has 4 heteroatoms. The molecular weight excluding hydrogens is 120 g/mol. The first-order chi connectivity index (χ1) is 4.18. The first-order valence-corrected chi connectivity index (χ1v) is 2.45. The van der Waals surface area contributed by atoms with Gasteiger partial charge in [-0.2, -0.15) is 0 Å². The summed E-state index contributed by atoms with van der Waals surface area (Å²) in [7, 11) is 0. The van der Waals surface area contributed by atoms with Crippen LogP contribution in [-0.2, 0) is 0 Å². The summed E-state index contributed by atoms with van der Waals surface area (Å²) in [5.74, 6) is 4.32. The zero-order valence-corrected chi connectivity index (χ0v) is 5.59. The van der Waals surface area contributed by atoms with Gasteiger partial charge in [-0.25, -0.2) is 10.6 Å². The van der Waals surface area contributed by atoms with Crippen LogP contribution in [0.2, 0.25) is 0 Å². The van der Waals surface area contributed by atoms with E-state index >= 15 is 0 Å². The number of hydrazine groups is 1. The maximum Gasteiger partial charge on any atom is 0.418 e. The molecule has 4 N–H and O–H groups in total. The Morgan fingerprint density at radius 2 is 1.78 bits per heavy atom. The van der Waals surface area contributed by atoms with Crippen molar-refractivity contribution in [3.8, 4) is 0 Å². The number of rotatable bonds is 0. The molecule has 9 heavy (non-hydrogen) atoms. The van der Waals surface area contributed by atoms with Gasteiger partial charge in [-0.1, -0.05) is 12.2 Å². The zero-order valence-electron chi connectivity index (χ0n) is 5.59. The number of nitrogens with two attached hydrogens (primary N) is 1. The van der Waals surface area contributed by atoms with Crippen molar-refractivity contribution >= 4 is 6.09 Å². The van der Waals surface area contributed by atoms with E-state index in [0.717, 1.165) is 0 Å². The van der Waals surface area contributed by atoms with Crippen molar-refractivity contribution in [1.29, 1.82) is 0 Å². The van der Waals surface area contributed by atoms with Crippen LogP contribution in [0.1, 0.15) is 13.8 Å². The Labute approximate surface area is 54.3 Å². The molecule has 54 valence electrons. The highest BCUT2D eigenvalue weighted by atomic mass is 16.4. The van der Waals surface area contributed by atoms with E-state index in [0.29, 0.717) is 0 Å². The van der Waals surface area contributed by atoms with Crippen molar-refractivity contribution in [1.82, 2.24) is 5.43 Å². The van der Waals surface area contributed by atoms with Gasteiger partial charge in [-0.3, -0.25) is 5.43 Å². The van der Waals surface area contributed by atoms with Gasteiger partial charge in [0.2, 0.25) is 0 Å². The minimum Gasteiger partial charge on any atom is -0.464 e. The van der Waals surface area contributed by atoms with Crippen LogP contribution in [0, 0.1) is 0 Å². The van der Waals surface area contributed by atoms with E-state index < -0.39 is 6.09 Å². The topological polar surface area (TPSA) is 75.3 Å². The number of carboxylic acid groups (broad SMARTS) is 1. The molecule has 1 amide bonds. The van der Waals surface area contributed by atoms with Crippen LogP contribution >= 0.6 is 0 Å². The molecular formula is C5H12N2O2. The van der Waals surface area contributed by atoms with Gasteiger partial charge >= 0.3 is 6.09 Å². The Balaban J connectivity index is 0. The van der Waals surface area contributed by atoms with Crippen LogP contribution in [0.4, 0.5) is 4.79 Å². The molecule has 0 aliphatic carbocycles. The fraction of sp³-hybridized carbons (Fsp3) is 0.400. The summed E-state index contributed by atoms with van der Waals surface area (Å²) < 4.78 is 0. The minimum absolute atomic E-state index is 1.22. The smallest absolute Gasteiger partial charge is 0.418 e. The largest absolute Gasteiger partial charge is 0.464 e. The predicted molar refractivity (Wildman–Crippen MR) is 35.8 cm³/mol. The monoisotopic (exact) mass is 132 g/mol. The van der Waals surface area contributed by atoms with Crippen molar-refractivity contribution < 1.29 is 9.90 Å². The lowest BCUT2D eigenvalue weighted by molar-refractivity contribution is 0.194.